The molecule has 7 heteroatoms. The highest BCUT2D eigenvalue weighted by Gasteiger charge is 2.30. The van der Waals surface area contributed by atoms with Crippen LogP contribution in [0.1, 0.15) is 22.8 Å². The van der Waals surface area contributed by atoms with Crippen LogP contribution in [0, 0.1) is 0 Å². The first-order valence-electron chi connectivity index (χ1n) is 7.49. The van der Waals surface area contributed by atoms with Gasteiger partial charge in [-0.25, -0.2) is 9.78 Å². The molecule has 0 radical (unpaired) electrons. The summed E-state index contributed by atoms with van der Waals surface area (Å²) < 4.78 is 43.3. The second kappa shape index (κ2) is 6.51. The maximum absolute atomic E-state index is 12.7. The van der Waals surface area contributed by atoms with Crippen molar-refractivity contribution < 1.29 is 22.7 Å². The molecular formula is C18H13F3N2O2. The molecule has 0 spiro atoms. The zero-order chi connectivity index (χ0) is 18.0. The van der Waals surface area contributed by atoms with Crippen molar-refractivity contribution in [2.45, 2.75) is 13.1 Å². The topological polar surface area (TPSA) is 52.1 Å². The number of esters is 1. The molecule has 3 rings (SSSR count). The molecule has 1 aromatic carbocycles. The minimum absolute atomic E-state index is 0.177. The highest BCUT2D eigenvalue weighted by Crippen LogP contribution is 2.32. The van der Waals surface area contributed by atoms with Gasteiger partial charge >= 0.3 is 12.1 Å². The zero-order valence-corrected chi connectivity index (χ0v) is 13.2. The molecule has 0 bridgehead atoms. The molecule has 0 atom stereocenters. The van der Waals surface area contributed by atoms with E-state index in [1.165, 1.54) is 12.1 Å². The molecule has 25 heavy (non-hydrogen) atoms. The normalized spacial score (nSPS) is 11.5. The molecule has 0 aliphatic carbocycles. The van der Waals surface area contributed by atoms with E-state index in [0.29, 0.717) is 16.5 Å². The van der Waals surface area contributed by atoms with Crippen LogP contribution in [-0.2, 0) is 10.9 Å². The van der Waals surface area contributed by atoms with Gasteiger partial charge in [0.25, 0.3) is 0 Å². The third kappa shape index (κ3) is 3.45. The number of pyridine rings is 2. The molecule has 0 saturated carbocycles. The number of alkyl halides is 3. The highest BCUT2D eigenvalue weighted by atomic mass is 19.4. The number of hydrogen-bond donors (Lipinski definition) is 0. The van der Waals surface area contributed by atoms with Gasteiger partial charge in [-0.05, 0) is 31.2 Å². The number of benzene rings is 1. The Hall–Kier alpha value is -2.96. The van der Waals surface area contributed by atoms with Gasteiger partial charge in [0, 0.05) is 23.3 Å². The maximum Gasteiger partial charge on any atom is 0.416 e. The first-order valence-corrected chi connectivity index (χ1v) is 7.49. The second-order valence-corrected chi connectivity index (χ2v) is 5.25. The molecular weight excluding hydrogens is 333 g/mol. The Morgan fingerprint density at radius 3 is 2.52 bits per heavy atom. The van der Waals surface area contributed by atoms with Crippen LogP contribution in [0.2, 0.25) is 0 Å². The van der Waals surface area contributed by atoms with Crippen molar-refractivity contribution in [1.82, 2.24) is 9.97 Å². The zero-order valence-electron chi connectivity index (χ0n) is 13.2. The first kappa shape index (κ1) is 16.9. The monoisotopic (exact) mass is 346 g/mol. The fourth-order valence-corrected chi connectivity index (χ4v) is 2.42. The molecule has 2 heterocycles. The van der Waals surface area contributed by atoms with Crippen molar-refractivity contribution in [2.75, 3.05) is 6.61 Å². The van der Waals surface area contributed by atoms with Crippen LogP contribution in [0.25, 0.3) is 22.2 Å². The minimum Gasteiger partial charge on any atom is -0.462 e. The summed E-state index contributed by atoms with van der Waals surface area (Å²) in [5.41, 5.74) is 0.666. The Labute approximate surface area is 141 Å². The number of rotatable bonds is 3. The van der Waals surface area contributed by atoms with Crippen molar-refractivity contribution in [1.29, 1.82) is 0 Å². The van der Waals surface area contributed by atoms with E-state index in [9.17, 15) is 18.0 Å². The average molecular weight is 346 g/mol. The van der Waals surface area contributed by atoms with Gasteiger partial charge in [-0.2, -0.15) is 13.2 Å². The van der Waals surface area contributed by atoms with Crippen LogP contribution in [0.3, 0.4) is 0 Å². The maximum atomic E-state index is 12.7. The van der Waals surface area contributed by atoms with Crippen molar-refractivity contribution in [3.63, 3.8) is 0 Å². The predicted octanol–water partition coefficient (Wildman–Crippen LogP) is 4.49. The van der Waals surface area contributed by atoms with E-state index in [-0.39, 0.29) is 17.9 Å². The smallest absolute Gasteiger partial charge is 0.416 e. The summed E-state index contributed by atoms with van der Waals surface area (Å²) in [6.45, 7) is 1.85. The van der Waals surface area contributed by atoms with Gasteiger partial charge in [0.2, 0.25) is 0 Å². The van der Waals surface area contributed by atoms with Crippen LogP contribution >= 0.6 is 0 Å². The lowest BCUT2D eigenvalue weighted by molar-refractivity contribution is -0.137. The van der Waals surface area contributed by atoms with Gasteiger partial charge in [0.15, 0.2) is 0 Å². The van der Waals surface area contributed by atoms with Crippen molar-refractivity contribution in [3.05, 3.63) is 59.9 Å². The Morgan fingerprint density at radius 2 is 1.88 bits per heavy atom. The minimum atomic E-state index is -4.43. The number of aromatic nitrogens is 2. The Morgan fingerprint density at radius 1 is 1.16 bits per heavy atom. The standard InChI is InChI=1S/C18H13F3N2O2/c1-2-25-17(24)14-9-12-10-22-8-7-15(12)23-16(14)11-3-5-13(6-4-11)18(19,20)21/h3-10H,2H2,1H3. The van der Waals surface area contributed by atoms with Crippen LogP contribution in [0.15, 0.2) is 48.8 Å². The predicted molar refractivity (Wildman–Crippen MR) is 85.9 cm³/mol. The fourth-order valence-electron chi connectivity index (χ4n) is 2.42. The molecule has 0 saturated heterocycles. The number of carbonyl (C=O) groups excluding carboxylic acids is 1. The Bertz CT molecular complexity index is 922. The molecule has 0 N–H and O–H groups in total. The summed E-state index contributed by atoms with van der Waals surface area (Å²) >= 11 is 0. The van der Waals surface area contributed by atoms with Crippen molar-refractivity contribution in [3.8, 4) is 11.3 Å². The van der Waals surface area contributed by atoms with Crippen LogP contribution in [0.5, 0.6) is 0 Å². The van der Waals surface area contributed by atoms with E-state index >= 15 is 0 Å². The van der Waals surface area contributed by atoms with Gasteiger partial charge in [0.1, 0.15) is 0 Å². The third-order valence-corrected chi connectivity index (χ3v) is 3.60. The van der Waals surface area contributed by atoms with Crippen molar-refractivity contribution in [2.24, 2.45) is 0 Å². The second-order valence-electron chi connectivity index (χ2n) is 5.25. The van der Waals surface area contributed by atoms with E-state index in [1.807, 2.05) is 0 Å². The van der Waals surface area contributed by atoms with Gasteiger partial charge < -0.3 is 4.74 Å². The molecule has 3 aromatic rings. The SMILES string of the molecule is CCOC(=O)c1cc2cnccc2nc1-c1ccc(C(F)(F)F)cc1. The largest absolute Gasteiger partial charge is 0.462 e. The van der Waals surface area contributed by atoms with Crippen LogP contribution < -0.4 is 0 Å². The molecule has 0 fully saturated rings. The quantitative estimate of drug-likeness (QED) is 0.656. The molecule has 4 nitrogen and oxygen atoms in total. The van der Waals surface area contributed by atoms with E-state index in [2.05, 4.69) is 9.97 Å². The van der Waals surface area contributed by atoms with E-state index in [1.54, 1.807) is 31.5 Å². The third-order valence-electron chi connectivity index (χ3n) is 3.60. The summed E-state index contributed by atoms with van der Waals surface area (Å²) in [5.74, 6) is -0.587. The van der Waals surface area contributed by atoms with Gasteiger partial charge in [-0.15, -0.1) is 0 Å². The summed E-state index contributed by atoms with van der Waals surface area (Å²) in [5, 5.41) is 0.640. The fraction of sp³-hybridized carbons (Fsp3) is 0.167. The number of fused-ring (bicyclic) bond motifs is 1. The number of halogens is 3. The molecule has 2 aromatic heterocycles. The summed E-state index contributed by atoms with van der Waals surface area (Å²) in [4.78, 5) is 20.6. The van der Waals surface area contributed by atoms with Crippen molar-refractivity contribution >= 4 is 16.9 Å². The van der Waals surface area contributed by atoms with E-state index in [0.717, 1.165) is 12.1 Å². The lowest BCUT2D eigenvalue weighted by Gasteiger charge is -2.11. The lowest BCUT2D eigenvalue weighted by atomic mass is 10.0. The van der Waals surface area contributed by atoms with Gasteiger partial charge in [-0.3, -0.25) is 4.98 Å². The van der Waals surface area contributed by atoms with Gasteiger partial charge in [-0.1, -0.05) is 12.1 Å². The van der Waals surface area contributed by atoms with Crippen LogP contribution in [-0.4, -0.2) is 22.5 Å². The number of ether oxygens (including phenoxy) is 1. The molecule has 0 unspecified atom stereocenters. The van der Waals surface area contributed by atoms with E-state index < -0.39 is 17.7 Å². The van der Waals surface area contributed by atoms with Gasteiger partial charge in [0.05, 0.1) is 28.9 Å². The number of hydrogen-bond acceptors (Lipinski definition) is 4. The van der Waals surface area contributed by atoms with E-state index in [4.69, 9.17) is 4.74 Å². The lowest BCUT2D eigenvalue weighted by Crippen LogP contribution is -2.08. The number of carbonyl (C=O) groups is 1. The summed E-state index contributed by atoms with van der Waals surface area (Å²) in [6.07, 6.45) is -1.32. The number of nitrogens with zero attached hydrogens (tertiary/aromatic N) is 2. The molecule has 0 aliphatic heterocycles. The first-order chi connectivity index (χ1) is 11.9. The van der Waals surface area contributed by atoms with Crippen LogP contribution in [0.4, 0.5) is 13.2 Å². The highest BCUT2D eigenvalue weighted by molar-refractivity contribution is 6.00. The average Bonchev–Trinajstić information content (AvgIpc) is 2.60. The molecule has 0 amide bonds. The summed E-state index contributed by atoms with van der Waals surface area (Å²) in [7, 11) is 0. The molecule has 128 valence electrons. The molecule has 0 aliphatic rings. The Kier molecular flexibility index (Phi) is 4.39. The Balaban J connectivity index is 2.16. The summed E-state index contributed by atoms with van der Waals surface area (Å²) in [6, 6.07) is 7.76.